The van der Waals surface area contributed by atoms with Gasteiger partial charge in [-0.25, -0.2) is 12.8 Å². The molecule has 0 bridgehead atoms. The first kappa shape index (κ1) is 19.7. The number of ether oxygens (including phenoxy) is 2. The van der Waals surface area contributed by atoms with Crippen molar-refractivity contribution >= 4 is 15.9 Å². The molecular weight excluding hydrogens is 399 g/mol. The van der Waals surface area contributed by atoms with Gasteiger partial charge in [-0.1, -0.05) is 24.3 Å². The van der Waals surface area contributed by atoms with Crippen molar-refractivity contribution in [3.63, 3.8) is 0 Å². The Balaban J connectivity index is 1.43. The SMILES string of the molecule is CC1Oc2ccccc2OC1C(=O)N1CCN(S(=O)(=O)c2ccccc2F)CC1. The molecule has 0 saturated carbocycles. The molecule has 9 heteroatoms. The summed E-state index contributed by atoms with van der Waals surface area (Å²) >= 11 is 0. The number of carbonyl (C=O) groups is 1. The molecule has 7 nitrogen and oxygen atoms in total. The smallest absolute Gasteiger partial charge is 0.267 e. The van der Waals surface area contributed by atoms with Gasteiger partial charge < -0.3 is 14.4 Å². The molecule has 0 radical (unpaired) electrons. The van der Waals surface area contributed by atoms with E-state index in [9.17, 15) is 17.6 Å². The molecule has 2 heterocycles. The summed E-state index contributed by atoms with van der Waals surface area (Å²) in [6.45, 7) is 2.32. The lowest BCUT2D eigenvalue weighted by Gasteiger charge is -2.38. The normalized spacial score (nSPS) is 22.3. The molecular formula is C20H21FN2O5S. The summed E-state index contributed by atoms with van der Waals surface area (Å²) in [5, 5.41) is 0. The van der Waals surface area contributed by atoms with Crippen molar-refractivity contribution in [2.75, 3.05) is 26.2 Å². The van der Waals surface area contributed by atoms with E-state index in [0.717, 1.165) is 6.07 Å². The lowest BCUT2D eigenvalue weighted by molar-refractivity contribution is -0.145. The molecule has 2 atom stereocenters. The monoisotopic (exact) mass is 420 g/mol. The van der Waals surface area contributed by atoms with Crippen LogP contribution in [0, 0.1) is 5.82 Å². The van der Waals surface area contributed by atoms with Crippen LogP contribution in [0.5, 0.6) is 11.5 Å². The fourth-order valence-electron chi connectivity index (χ4n) is 3.51. The quantitative estimate of drug-likeness (QED) is 0.758. The number of benzene rings is 2. The van der Waals surface area contributed by atoms with Gasteiger partial charge in [0.1, 0.15) is 16.8 Å². The summed E-state index contributed by atoms with van der Waals surface area (Å²) < 4.78 is 52.2. The molecule has 0 aliphatic carbocycles. The first-order valence-electron chi connectivity index (χ1n) is 9.34. The van der Waals surface area contributed by atoms with Crippen LogP contribution >= 0.6 is 0 Å². The Hall–Kier alpha value is -2.65. The van der Waals surface area contributed by atoms with Gasteiger partial charge in [-0.05, 0) is 31.2 Å². The molecule has 2 unspecified atom stereocenters. The van der Waals surface area contributed by atoms with Crippen LogP contribution in [0.25, 0.3) is 0 Å². The zero-order valence-corrected chi connectivity index (χ0v) is 16.6. The zero-order valence-electron chi connectivity index (χ0n) is 15.8. The van der Waals surface area contributed by atoms with Gasteiger partial charge >= 0.3 is 0 Å². The van der Waals surface area contributed by atoms with Crippen LogP contribution in [0.1, 0.15) is 6.92 Å². The van der Waals surface area contributed by atoms with E-state index in [4.69, 9.17) is 9.47 Å². The maximum Gasteiger partial charge on any atom is 0.267 e. The number of halogens is 1. The van der Waals surface area contributed by atoms with Crippen LogP contribution in [-0.4, -0.2) is 61.9 Å². The number of rotatable bonds is 3. The number of sulfonamides is 1. The molecule has 2 aromatic rings. The van der Waals surface area contributed by atoms with Gasteiger partial charge in [-0.2, -0.15) is 4.31 Å². The maximum atomic E-state index is 14.0. The van der Waals surface area contributed by atoms with Gasteiger partial charge in [-0.15, -0.1) is 0 Å². The average Bonchev–Trinajstić information content (AvgIpc) is 2.73. The minimum absolute atomic E-state index is 0.0843. The maximum absolute atomic E-state index is 14.0. The van der Waals surface area contributed by atoms with Crippen LogP contribution in [0.2, 0.25) is 0 Å². The Labute approximate surface area is 168 Å². The van der Waals surface area contributed by atoms with Crippen molar-refractivity contribution in [1.29, 1.82) is 0 Å². The predicted octanol–water partition coefficient (Wildman–Crippen LogP) is 1.89. The minimum Gasteiger partial charge on any atom is -0.482 e. The van der Waals surface area contributed by atoms with Gasteiger partial charge in [-0.3, -0.25) is 4.79 Å². The van der Waals surface area contributed by atoms with Gasteiger partial charge in [0.05, 0.1) is 0 Å². The Morgan fingerprint density at radius 3 is 2.21 bits per heavy atom. The van der Waals surface area contributed by atoms with E-state index in [0.29, 0.717) is 11.5 Å². The number of nitrogens with zero attached hydrogens (tertiary/aromatic N) is 2. The Morgan fingerprint density at radius 1 is 0.966 bits per heavy atom. The molecule has 0 spiro atoms. The first-order valence-corrected chi connectivity index (χ1v) is 10.8. The van der Waals surface area contributed by atoms with Crippen LogP contribution in [0.3, 0.4) is 0 Å². The molecule has 29 heavy (non-hydrogen) atoms. The molecule has 2 aliphatic rings. The van der Waals surface area contributed by atoms with Crippen molar-refractivity contribution in [3.05, 3.63) is 54.3 Å². The minimum atomic E-state index is -3.95. The Bertz CT molecular complexity index is 1020. The molecule has 2 aromatic carbocycles. The second-order valence-corrected chi connectivity index (χ2v) is 8.87. The Morgan fingerprint density at radius 2 is 1.55 bits per heavy atom. The van der Waals surface area contributed by atoms with E-state index >= 15 is 0 Å². The van der Waals surface area contributed by atoms with Crippen LogP contribution < -0.4 is 9.47 Å². The number of hydrogen-bond donors (Lipinski definition) is 0. The highest BCUT2D eigenvalue weighted by Crippen LogP contribution is 2.34. The number of carbonyl (C=O) groups excluding carboxylic acids is 1. The lowest BCUT2D eigenvalue weighted by atomic mass is 10.1. The summed E-state index contributed by atoms with van der Waals surface area (Å²) in [5.41, 5.74) is 0. The molecule has 0 aromatic heterocycles. The standard InChI is InChI=1S/C20H21FN2O5S/c1-14-19(28-17-8-4-3-7-16(17)27-14)20(24)22-10-12-23(13-11-22)29(25,26)18-9-5-2-6-15(18)21/h2-9,14,19H,10-13H2,1H3. The van der Waals surface area contributed by atoms with E-state index in [1.54, 1.807) is 30.0 Å². The van der Waals surface area contributed by atoms with Crippen LogP contribution in [0.15, 0.2) is 53.4 Å². The van der Waals surface area contributed by atoms with Gasteiger partial charge in [0.25, 0.3) is 5.91 Å². The van der Waals surface area contributed by atoms with E-state index in [-0.39, 0.29) is 37.0 Å². The van der Waals surface area contributed by atoms with Crippen LogP contribution in [0.4, 0.5) is 4.39 Å². The highest BCUT2D eigenvalue weighted by molar-refractivity contribution is 7.89. The van der Waals surface area contributed by atoms with Crippen molar-refractivity contribution in [1.82, 2.24) is 9.21 Å². The third-order valence-corrected chi connectivity index (χ3v) is 7.02. The van der Waals surface area contributed by atoms with Crippen molar-refractivity contribution in [2.45, 2.75) is 24.0 Å². The third-order valence-electron chi connectivity index (χ3n) is 5.09. The second kappa shape index (κ2) is 7.64. The first-order chi connectivity index (χ1) is 13.9. The molecule has 1 amide bonds. The average molecular weight is 420 g/mol. The molecule has 2 aliphatic heterocycles. The zero-order chi connectivity index (χ0) is 20.6. The number of hydrogen-bond acceptors (Lipinski definition) is 5. The van der Waals surface area contributed by atoms with Crippen molar-refractivity contribution < 1.29 is 27.1 Å². The molecule has 1 saturated heterocycles. The number of para-hydroxylation sites is 2. The third kappa shape index (κ3) is 3.67. The molecule has 4 rings (SSSR count). The summed E-state index contributed by atoms with van der Waals surface area (Å²) in [6.07, 6.45) is -1.28. The predicted molar refractivity (Wildman–Crippen MR) is 103 cm³/mol. The van der Waals surface area contributed by atoms with Crippen LogP contribution in [-0.2, 0) is 14.8 Å². The fourth-order valence-corrected chi connectivity index (χ4v) is 5.00. The number of fused-ring (bicyclic) bond motifs is 1. The summed E-state index contributed by atoms with van der Waals surface area (Å²) in [6, 6.07) is 12.4. The van der Waals surface area contributed by atoms with E-state index in [1.165, 1.54) is 22.5 Å². The highest BCUT2D eigenvalue weighted by Gasteiger charge is 2.39. The van der Waals surface area contributed by atoms with Gasteiger partial charge in [0.2, 0.25) is 16.1 Å². The highest BCUT2D eigenvalue weighted by atomic mass is 32.2. The van der Waals surface area contributed by atoms with Gasteiger partial charge in [0, 0.05) is 26.2 Å². The van der Waals surface area contributed by atoms with Crippen molar-refractivity contribution in [2.24, 2.45) is 0 Å². The van der Waals surface area contributed by atoms with Gasteiger partial charge in [0.15, 0.2) is 11.5 Å². The van der Waals surface area contributed by atoms with E-state index in [2.05, 4.69) is 0 Å². The van der Waals surface area contributed by atoms with Crippen molar-refractivity contribution in [3.8, 4) is 11.5 Å². The lowest BCUT2D eigenvalue weighted by Crippen LogP contribution is -2.56. The molecule has 154 valence electrons. The second-order valence-electron chi connectivity index (χ2n) is 6.97. The fraction of sp³-hybridized carbons (Fsp3) is 0.350. The topological polar surface area (TPSA) is 76.2 Å². The molecule has 1 fully saturated rings. The number of amides is 1. The summed E-state index contributed by atoms with van der Waals surface area (Å²) in [4.78, 5) is 14.2. The summed E-state index contributed by atoms with van der Waals surface area (Å²) in [7, 11) is -3.95. The Kier molecular flexibility index (Phi) is 5.18. The van der Waals surface area contributed by atoms with E-state index in [1.807, 2.05) is 6.07 Å². The molecule has 0 N–H and O–H groups in total. The summed E-state index contributed by atoms with van der Waals surface area (Å²) in [5.74, 6) is 0.0516. The largest absolute Gasteiger partial charge is 0.482 e. The number of piperazine rings is 1. The van der Waals surface area contributed by atoms with E-state index < -0.39 is 28.0 Å².